The van der Waals surface area contributed by atoms with Crippen molar-refractivity contribution in [2.24, 2.45) is 0 Å². The number of aromatic nitrogens is 4. The fourth-order valence-corrected chi connectivity index (χ4v) is 6.93. The average molecular weight is 660 g/mol. The number of fused-ring (bicyclic) bond motifs is 8. The van der Waals surface area contributed by atoms with Crippen molar-refractivity contribution in [3.63, 3.8) is 0 Å². The molecular formula is C44H29N5O2. The van der Waals surface area contributed by atoms with Crippen molar-refractivity contribution < 1.29 is 9.59 Å². The second kappa shape index (κ2) is 12.4. The molecule has 0 aliphatic carbocycles. The first-order chi connectivity index (χ1) is 25.1. The van der Waals surface area contributed by atoms with Crippen LogP contribution in [0, 0.1) is 0 Å². The molecule has 9 rings (SSSR count). The van der Waals surface area contributed by atoms with Gasteiger partial charge in [-0.05, 0) is 58.7 Å². The van der Waals surface area contributed by atoms with Gasteiger partial charge in [-0.1, -0.05) is 121 Å². The normalized spacial score (nSPS) is 12.5. The van der Waals surface area contributed by atoms with E-state index in [4.69, 9.17) is 9.97 Å². The first kappa shape index (κ1) is 30.0. The van der Waals surface area contributed by atoms with Crippen LogP contribution in [0.2, 0.25) is 0 Å². The topological polar surface area (TPSA) is 104 Å². The minimum absolute atomic E-state index is 0.128. The summed E-state index contributed by atoms with van der Waals surface area (Å²) in [5.74, 6) is -1.15. The molecule has 7 nitrogen and oxygen atoms in total. The standard InChI is InChI=1S/C44H29N5O2/c50-43-41-39(29-17-9-3-10-18-29)35-25-23-33(46-35)37(27-13-5-1-6-14-27)31-21-22-32(45-31)38(28-15-7-2-8-16-28)34-24-26-36(47-34)40(30-19-11-4-12-20-30)42(48-41)44(51)49-43/h1-26,46-47H,(H,49,50,51). The number of hydrogen-bond donors (Lipinski definition) is 3. The van der Waals surface area contributed by atoms with Crippen LogP contribution in [0.25, 0.3) is 78.7 Å². The number of rotatable bonds is 4. The number of nitrogens with zero attached hydrogens (tertiary/aromatic N) is 2. The zero-order valence-electron chi connectivity index (χ0n) is 27.2. The molecular weight excluding hydrogens is 631 g/mol. The molecule has 2 aliphatic rings. The van der Waals surface area contributed by atoms with Crippen LogP contribution < -0.4 is 5.32 Å². The van der Waals surface area contributed by atoms with Crippen LogP contribution in [0.15, 0.2) is 146 Å². The van der Waals surface area contributed by atoms with Crippen LogP contribution in [-0.4, -0.2) is 31.8 Å². The van der Waals surface area contributed by atoms with Crippen LogP contribution in [0.5, 0.6) is 0 Å². The minimum Gasteiger partial charge on any atom is -0.354 e. The fourth-order valence-electron chi connectivity index (χ4n) is 6.93. The number of carbonyl (C=O) groups is 2. The third-order valence-electron chi connectivity index (χ3n) is 9.21. The lowest BCUT2D eigenvalue weighted by Gasteiger charge is -2.15. The SMILES string of the molecule is O=C1NC(=O)c2nc1c(-c1ccccc1)c1ccc([nH]1)c(-c1ccccc1)c1nc(c(-c3ccccc3)c3ccc([nH]3)c2-c2ccccc2)C=C1. The van der Waals surface area contributed by atoms with Crippen molar-refractivity contribution in [3.8, 4) is 44.5 Å². The van der Waals surface area contributed by atoms with Gasteiger partial charge in [0.15, 0.2) is 0 Å². The number of carbonyl (C=O) groups excluding carboxylic acids is 2. The third kappa shape index (κ3) is 5.34. The van der Waals surface area contributed by atoms with Gasteiger partial charge in [-0.25, -0.2) is 9.97 Å². The summed E-state index contributed by atoms with van der Waals surface area (Å²) >= 11 is 0. The van der Waals surface area contributed by atoms with Gasteiger partial charge in [0.25, 0.3) is 11.8 Å². The monoisotopic (exact) mass is 659 g/mol. The average Bonchev–Trinajstić information content (AvgIpc) is 3.96. The van der Waals surface area contributed by atoms with E-state index in [0.717, 1.165) is 55.8 Å². The van der Waals surface area contributed by atoms with Crippen LogP contribution >= 0.6 is 0 Å². The van der Waals surface area contributed by atoms with Gasteiger partial charge in [0.2, 0.25) is 0 Å². The molecule has 8 bridgehead atoms. The molecule has 0 unspecified atom stereocenters. The van der Waals surface area contributed by atoms with E-state index < -0.39 is 11.8 Å². The summed E-state index contributed by atoms with van der Waals surface area (Å²) in [6, 6.07) is 47.5. The Labute approximate surface area is 293 Å². The lowest BCUT2D eigenvalue weighted by molar-refractivity contribution is 0.0831. The van der Waals surface area contributed by atoms with E-state index >= 15 is 0 Å². The Morgan fingerprint density at radius 2 is 0.667 bits per heavy atom. The first-order valence-electron chi connectivity index (χ1n) is 16.7. The Morgan fingerprint density at radius 1 is 0.353 bits per heavy atom. The smallest absolute Gasteiger partial charge is 0.277 e. The van der Waals surface area contributed by atoms with Crippen molar-refractivity contribution in [2.45, 2.75) is 0 Å². The summed E-state index contributed by atoms with van der Waals surface area (Å²) in [5, 5.41) is 2.62. The molecule has 7 aromatic rings. The van der Waals surface area contributed by atoms with E-state index in [1.807, 2.05) is 133 Å². The van der Waals surface area contributed by atoms with Gasteiger partial charge in [0.05, 0.1) is 11.4 Å². The van der Waals surface area contributed by atoms with Gasteiger partial charge in [-0.2, -0.15) is 0 Å². The van der Waals surface area contributed by atoms with Crippen molar-refractivity contribution in [3.05, 3.63) is 168 Å². The van der Waals surface area contributed by atoms with Crippen LogP contribution in [0.4, 0.5) is 0 Å². The molecule has 0 spiro atoms. The Morgan fingerprint density at radius 3 is 1.02 bits per heavy atom. The van der Waals surface area contributed by atoms with Crippen molar-refractivity contribution in [1.29, 1.82) is 0 Å². The number of hydrogen-bond acceptors (Lipinski definition) is 4. The van der Waals surface area contributed by atoms with Crippen molar-refractivity contribution in [2.75, 3.05) is 0 Å². The van der Waals surface area contributed by atoms with Crippen molar-refractivity contribution in [1.82, 2.24) is 25.3 Å². The third-order valence-corrected chi connectivity index (χ3v) is 9.21. The Bertz CT molecular complexity index is 2500. The number of aromatic amines is 2. The van der Waals surface area contributed by atoms with Gasteiger partial charge in [0, 0.05) is 44.3 Å². The largest absolute Gasteiger partial charge is 0.354 e. The number of benzene rings is 4. The quantitative estimate of drug-likeness (QED) is 0.164. The number of H-pyrrole nitrogens is 2. The van der Waals surface area contributed by atoms with E-state index in [1.165, 1.54) is 0 Å². The van der Waals surface area contributed by atoms with Crippen LogP contribution in [-0.2, 0) is 0 Å². The van der Waals surface area contributed by atoms with Gasteiger partial charge in [-0.3, -0.25) is 14.9 Å². The molecule has 5 heterocycles. The predicted octanol–water partition coefficient (Wildman–Crippen LogP) is 9.72. The molecule has 0 saturated heterocycles. The Hall–Kier alpha value is -7.12. The Kier molecular flexibility index (Phi) is 7.29. The Balaban J connectivity index is 1.53. The molecule has 242 valence electrons. The molecule has 0 atom stereocenters. The molecule has 3 aromatic heterocycles. The van der Waals surface area contributed by atoms with E-state index in [9.17, 15) is 9.59 Å². The number of nitrogens with one attached hydrogen (secondary N) is 3. The molecule has 0 radical (unpaired) electrons. The van der Waals surface area contributed by atoms with Gasteiger partial charge in [-0.15, -0.1) is 0 Å². The van der Waals surface area contributed by atoms with Crippen molar-refractivity contribution >= 4 is 46.0 Å². The fraction of sp³-hybridized carbons (Fsp3) is 0. The highest BCUT2D eigenvalue weighted by Crippen LogP contribution is 2.37. The summed E-state index contributed by atoms with van der Waals surface area (Å²) < 4.78 is 0. The van der Waals surface area contributed by atoms with Gasteiger partial charge < -0.3 is 9.97 Å². The molecule has 4 aromatic carbocycles. The zero-order chi connectivity index (χ0) is 34.3. The predicted molar refractivity (Wildman–Crippen MR) is 203 cm³/mol. The van der Waals surface area contributed by atoms with E-state index in [-0.39, 0.29) is 11.4 Å². The maximum absolute atomic E-state index is 13.8. The number of amides is 2. The zero-order valence-corrected chi connectivity index (χ0v) is 27.2. The summed E-state index contributed by atoms with van der Waals surface area (Å²) in [5.41, 5.74) is 11.3. The maximum Gasteiger partial charge on any atom is 0.277 e. The molecule has 3 N–H and O–H groups in total. The summed E-state index contributed by atoms with van der Waals surface area (Å²) in [7, 11) is 0. The highest BCUT2D eigenvalue weighted by Gasteiger charge is 2.28. The molecule has 51 heavy (non-hydrogen) atoms. The molecule has 2 amide bonds. The summed E-state index contributed by atoms with van der Waals surface area (Å²) in [6.07, 6.45) is 4.09. The van der Waals surface area contributed by atoms with Crippen LogP contribution in [0.3, 0.4) is 0 Å². The second-order valence-electron chi connectivity index (χ2n) is 12.3. The van der Waals surface area contributed by atoms with Crippen LogP contribution in [0.1, 0.15) is 32.4 Å². The lowest BCUT2D eigenvalue weighted by atomic mass is 10.00. The summed E-state index contributed by atoms with van der Waals surface area (Å²) in [4.78, 5) is 45.2. The minimum atomic E-state index is -0.575. The molecule has 0 fully saturated rings. The maximum atomic E-state index is 13.8. The lowest BCUT2D eigenvalue weighted by Crippen LogP contribution is -2.36. The van der Waals surface area contributed by atoms with E-state index in [0.29, 0.717) is 22.2 Å². The molecule has 0 saturated carbocycles. The molecule has 7 heteroatoms. The highest BCUT2D eigenvalue weighted by atomic mass is 16.2. The second-order valence-corrected chi connectivity index (χ2v) is 12.3. The van der Waals surface area contributed by atoms with Gasteiger partial charge >= 0.3 is 0 Å². The van der Waals surface area contributed by atoms with E-state index in [1.54, 1.807) is 0 Å². The highest BCUT2D eigenvalue weighted by molar-refractivity contribution is 6.18. The van der Waals surface area contributed by atoms with E-state index in [2.05, 4.69) is 39.6 Å². The first-order valence-corrected chi connectivity index (χ1v) is 16.7. The van der Waals surface area contributed by atoms with Gasteiger partial charge in [0.1, 0.15) is 11.4 Å². The molecule has 2 aliphatic heterocycles. The summed E-state index contributed by atoms with van der Waals surface area (Å²) in [6.45, 7) is 0. The number of imide groups is 1.